The highest BCUT2D eigenvalue weighted by molar-refractivity contribution is 8.03. The number of carbonyl (C=O) groups is 2. The molecule has 0 fully saturated rings. The van der Waals surface area contributed by atoms with E-state index >= 15 is 0 Å². The molecule has 0 radical (unpaired) electrons. The third kappa shape index (κ3) is 5.27. The second-order valence-electron chi connectivity index (χ2n) is 7.28. The molecule has 2 N–H and O–H groups in total. The van der Waals surface area contributed by atoms with Crippen LogP contribution in [0, 0.1) is 32.1 Å². The van der Waals surface area contributed by atoms with E-state index in [1.54, 1.807) is 0 Å². The molecule has 1 aliphatic rings. The van der Waals surface area contributed by atoms with E-state index in [1.165, 1.54) is 11.8 Å². The minimum atomic E-state index is -0.292. The second-order valence-corrected chi connectivity index (χ2v) is 8.27. The van der Waals surface area contributed by atoms with Gasteiger partial charge in [-0.05, 0) is 49.6 Å². The second kappa shape index (κ2) is 8.97. The molecule has 5 nitrogen and oxygen atoms in total. The molecule has 0 aliphatic carbocycles. The number of allylic oxidation sites excluding steroid dienone is 1. The molecule has 2 amide bonds. The number of aryl methyl sites for hydroxylation is 3. The van der Waals surface area contributed by atoms with Crippen LogP contribution in [-0.4, -0.2) is 17.6 Å². The maximum Gasteiger partial charge on any atom is 0.234 e. The molecule has 2 aromatic carbocycles. The van der Waals surface area contributed by atoms with E-state index in [-0.39, 0.29) is 29.9 Å². The zero-order valence-corrected chi connectivity index (χ0v) is 17.5. The lowest BCUT2D eigenvalue weighted by Crippen LogP contribution is -2.31. The van der Waals surface area contributed by atoms with Crippen molar-refractivity contribution in [3.8, 4) is 6.07 Å². The molecule has 3 rings (SSSR count). The van der Waals surface area contributed by atoms with Gasteiger partial charge in [0.1, 0.15) is 0 Å². The molecule has 0 bridgehead atoms. The van der Waals surface area contributed by atoms with Gasteiger partial charge in [-0.15, -0.1) is 0 Å². The molecule has 6 heteroatoms. The Kier molecular flexibility index (Phi) is 6.40. The summed E-state index contributed by atoms with van der Waals surface area (Å²) in [7, 11) is 0. The van der Waals surface area contributed by atoms with Crippen LogP contribution in [0.15, 0.2) is 53.1 Å². The van der Waals surface area contributed by atoms with Crippen LogP contribution in [-0.2, 0) is 9.59 Å². The number of anilines is 1. The summed E-state index contributed by atoms with van der Waals surface area (Å²) in [4.78, 5) is 24.6. The van der Waals surface area contributed by atoms with Crippen molar-refractivity contribution in [3.05, 3.63) is 75.3 Å². The van der Waals surface area contributed by atoms with Crippen LogP contribution in [0.3, 0.4) is 0 Å². The van der Waals surface area contributed by atoms with E-state index in [4.69, 9.17) is 0 Å². The Labute approximate surface area is 175 Å². The molecule has 1 aliphatic heterocycles. The Bertz CT molecular complexity index is 999. The first-order valence-corrected chi connectivity index (χ1v) is 10.4. The van der Waals surface area contributed by atoms with Crippen molar-refractivity contribution in [1.82, 2.24) is 5.32 Å². The van der Waals surface area contributed by atoms with E-state index in [0.717, 1.165) is 27.9 Å². The largest absolute Gasteiger partial charge is 0.325 e. The predicted molar refractivity (Wildman–Crippen MR) is 116 cm³/mol. The molecule has 29 heavy (non-hydrogen) atoms. The van der Waals surface area contributed by atoms with Crippen molar-refractivity contribution >= 4 is 29.3 Å². The highest BCUT2D eigenvalue weighted by Crippen LogP contribution is 2.36. The monoisotopic (exact) mass is 405 g/mol. The Morgan fingerprint density at radius 3 is 2.41 bits per heavy atom. The summed E-state index contributed by atoms with van der Waals surface area (Å²) in [6.07, 6.45) is 0.227. The SMILES string of the molecule is Cc1ccc([C@@H]2CC(=O)NC(SCC(=O)Nc3cc(C)cc(C)c3)=C2C#N)cc1. The third-order valence-corrected chi connectivity index (χ3v) is 5.71. The van der Waals surface area contributed by atoms with E-state index in [0.29, 0.717) is 10.6 Å². The van der Waals surface area contributed by atoms with Crippen LogP contribution in [0.5, 0.6) is 0 Å². The summed E-state index contributed by atoms with van der Waals surface area (Å²) >= 11 is 1.18. The lowest BCUT2D eigenvalue weighted by molar-refractivity contribution is -0.121. The summed E-state index contributed by atoms with van der Waals surface area (Å²) < 4.78 is 0. The molecule has 1 atom stereocenters. The first kappa shape index (κ1) is 20.7. The van der Waals surface area contributed by atoms with Gasteiger partial charge in [0.15, 0.2) is 0 Å². The van der Waals surface area contributed by atoms with Gasteiger partial charge in [0, 0.05) is 18.0 Å². The van der Waals surface area contributed by atoms with Gasteiger partial charge in [-0.25, -0.2) is 0 Å². The Balaban J connectivity index is 1.75. The van der Waals surface area contributed by atoms with Gasteiger partial charge in [0.05, 0.1) is 22.4 Å². The third-order valence-electron chi connectivity index (χ3n) is 4.69. The van der Waals surface area contributed by atoms with E-state index in [9.17, 15) is 14.9 Å². The summed E-state index contributed by atoms with van der Waals surface area (Å²) in [6.45, 7) is 5.95. The summed E-state index contributed by atoms with van der Waals surface area (Å²) in [5.41, 5.74) is 5.44. The van der Waals surface area contributed by atoms with Gasteiger partial charge in [0.25, 0.3) is 0 Å². The molecule has 2 aromatic rings. The van der Waals surface area contributed by atoms with Crippen LogP contribution in [0.2, 0.25) is 0 Å². The summed E-state index contributed by atoms with van der Waals surface area (Å²) in [5, 5.41) is 15.8. The Hall–Kier alpha value is -3.04. The van der Waals surface area contributed by atoms with Crippen molar-refractivity contribution in [2.24, 2.45) is 0 Å². The van der Waals surface area contributed by atoms with E-state index < -0.39 is 0 Å². The van der Waals surface area contributed by atoms with Crippen molar-refractivity contribution in [2.75, 3.05) is 11.1 Å². The number of hydrogen-bond donors (Lipinski definition) is 2. The first-order valence-electron chi connectivity index (χ1n) is 9.37. The molecule has 0 spiro atoms. The maximum atomic E-state index is 12.4. The molecule has 0 unspecified atom stereocenters. The van der Waals surface area contributed by atoms with Crippen LogP contribution >= 0.6 is 11.8 Å². The smallest absolute Gasteiger partial charge is 0.234 e. The van der Waals surface area contributed by atoms with Crippen LogP contribution in [0.25, 0.3) is 0 Å². The molecule has 1 heterocycles. The number of benzene rings is 2. The molecule has 148 valence electrons. The van der Waals surface area contributed by atoms with Crippen LogP contribution in [0.1, 0.15) is 34.6 Å². The molecule has 0 saturated carbocycles. The van der Waals surface area contributed by atoms with Crippen molar-refractivity contribution in [3.63, 3.8) is 0 Å². The average Bonchev–Trinajstić information content (AvgIpc) is 2.65. The highest BCUT2D eigenvalue weighted by atomic mass is 32.2. The fraction of sp³-hybridized carbons (Fsp3) is 0.261. The number of rotatable bonds is 5. The lowest BCUT2D eigenvalue weighted by atomic mass is 9.87. The quantitative estimate of drug-likeness (QED) is 0.776. The van der Waals surface area contributed by atoms with Crippen molar-refractivity contribution in [1.29, 1.82) is 5.26 Å². The number of nitrogens with one attached hydrogen (secondary N) is 2. The van der Waals surface area contributed by atoms with E-state index in [1.807, 2.05) is 63.2 Å². The zero-order chi connectivity index (χ0) is 21.0. The number of nitriles is 1. The Morgan fingerprint density at radius 2 is 1.79 bits per heavy atom. The topological polar surface area (TPSA) is 82.0 Å². The number of amides is 2. The standard InChI is InChI=1S/C23H23N3O2S/c1-14-4-6-17(7-5-14)19-11-21(27)26-23(20(19)12-24)29-13-22(28)25-18-9-15(2)8-16(3)10-18/h4-10,19H,11,13H2,1-3H3,(H,25,28)(H,26,27)/t19-/m0/s1. The zero-order valence-electron chi connectivity index (χ0n) is 16.7. The van der Waals surface area contributed by atoms with Gasteiger partial charge >= 0.3 is 0 Å². The summed E-state index contributed by atoms with van der Waals surface area (Å²) in [5.74, 6) is -0.517. The highest BCUT2D eigenvalue weighted by Gasteiger charge is 2.29. The predicted octanol–water partition coefficient (Wildman–Crippen LogP) is 4.32. The lowest BCUT2D eigenvalue weighted by Gasteiger charge is -2.25. The fourth-order valence-corrected chi connectivity index (χ4v) is 4.28. The van der Waals surface area contributed by atoms with Gasteiger partial charge in [0.2, 0.25) is 11.8 Å². The number of carbonyl (C=O) groups excluding carboxylic acids is 2. The molecule has 0 saturated heterocycles. The van der Waals surface area contributed by atoms with E-state index in [2.05, 4.69) is 16.7 Å². The molecular formula is C23H23N3O2S. The minimum absolute atomic E-state index is 0.106. The van der Waals surface area contributed by atoms with Crippen molar-refractivity contribution in [2.45, 2.75) is 33.1 Å². The van der Waals surface area contributed by atoms with Gasteiger partial charge in [-0.2, -0.15) is 5.26 Å². The average molecular weight is 406 g/mol. The van der Waals surface area contributed by atoms with Crippen LogP contribution in [0.4, 0.5) is 5.69 Å². The van der Waals surface area contributed by atoms with Gasteiger partial charge < -0.3 is 10.6 Å². The minimum Gasteiger partial charge on any atom is -0.325 e. The Morgan fingerprint density at radius 1 is 1.14 bits per heavy atom. The molecule has 0 aromatic heterocycles. The van der Waals surface area contributed by atoms with Gasteiger partial charge in [-0.3, -0.25) is 9.59 Å². The summed E-state index contributed by atoms with van der Waals surface area (Å²) in [6, 6.07) is 15.9. The van der Waals surface area contributed by atoms with Crippen molar-refractivity contribution < 1.29 is 9.59 Å². The number of thioether (sulfide) groups is 1. The maximum absolute atomic E-state index is 12.4. The number of hydrogen-bond acceptors (Lipinski definition) is 4. The first-order chi connectivity index (χ1) is 13.9. The number of nitrogens with zero attached hydrogens (tertiary/aromatic N) is 1. The van der Waals surface area contributed by atoms with Crippen LogP contribution < -0.4 is 10.6 Å². The fourth-order valence-electron chi connectivity index (χ4n) is 3.40. The molecular weight excluding hydrogens is 382 g/mol. The normalized spacial score (nSPS) is 16.2. The van der Waals surface area contributed by atoms with Gasteiger partial charge in [-0.1, -0.05) is 47.7 Å².